The summed E-state index contributed by atoms with van der Waals surface area (Å²) in [6, 6.07) is 3.64. The van der Waals surface area contributed by atoms with Crippen LogP contribution in [0.2, 0.25) is 0 Å². The summed E-state index contributed by atoms with van der Waals surface area (Å²) in [5, 5.41) is 0. The van der Waals surface area contributed by atoms with Gasteiger partial charge in [0.25, 0.3) is 0 Å². The number of benzene rings is 2. The first kappa shape index (κ1) is 32.3. The summed E-state index contributed by atoms with van der Waals surface area (Å²) in [6.07, 6.45) is -16.1. The van der Waals surface area contributed by atoms with E-state index in [2.05, 4.69) is 4.74 Å². The van der Waals surface area contributed by atoms with Crippen molar-refractivity contribution in [3.8, 4) is 11.5 Å². The monoisotopic (exact) mass is 625 g/mol. The summed E-state index contributed by atoms with van der Waals surface area (Å²) >= 11 is 0. The van der Waals surface area contributed by atoms with Gasteiger partial charge in [0.15, 0.2) is 0 Å². The molecule has 4 rings (SSSR count). The number of allylic oxidation sites excluding steroid dienone is 1. The molecule has 2 aliphatic rings. The van der Waals surface area contributed by atoms with Crippen LogP contribution in [0.25, 0.3) is 5.57 Å². The van der Waals surface area contributed by atoms with E-state index in [4.69, 9.17) is 9.47 Å². The SMILES string of the molecule is COc1ccc(OC(F)(F)F)cc1C1=C(CN2C(=O)O[C@H](c3cc(C(F)(F)F)cc(C(F)(F)F)c3)[C@@H]2C)CC(C)(C)CC1. The molecule has 5 nitrogen and oxygen atoms in total. The van der Waals surface area contributed by atoms with Crippen LogP contribution in [0.3, 0.4) is 0 Å². The van der Waals surface area contributed by atoms with Crippen LogP contribution in [-0.2, 0) is 17.1 Å². The van der Waals surface area contributed by atoms with Gasteiger partial charge in [0, 0.05) is 12.1 Å². The molecular weight excluding hydrogens is 597 g/mol. The molecule has 1 heterocycles. The van der Waals surface area contributed by atoms with Crippen LogP contribution in [-0.4, -0.2) is 37.1 Å². The van der Waals surface area contributed by atoms with Crippen molar-refractivity contribution in [1.82, 2.24) is 4.90 Å². The number of nitrogens with zero attached hydrogens (tertiary/aromatic N) is 1. The lowest BCUT2D eigenvalue weighted by molar-refractivity contribution is -0.274. The van der Waals surface area contributed by atoms with Gasteiger partial charge in [-0.2, -0.15) is 26.3 Å². The van der Waals surface area contributed by atoms with Gasteiger partial charge in [0.1, 0.15) is 17.6 Å². The second-order valence-electron chi connectivity index (χ2n) is 11.3. The standard InChI is InChI=1S/C29H28F9NO4/c1-15-24(16-9-18(27(30,31)32)11-19(10-16)28(33,34)35)42-25(40)39(15)14-17-13-26(2,3)8-7-21(17)22-12-20(43-29(36,37)38)5-6-23(22)41-4/h5-6,9-12,15,24H,7-8,13-14H2,1-4H3/t15-,24-/m0/s1. The molecule has 2 aromatic carbocycles. The lowest BCUT2D eigenvalue weighted by Gasteiger charge is -2.36. The second-order valence-corrected chi connectivity index (χ2v) is 11.3. The fourth-order valence-corrected chi connectivity index (χ4v) is 5.52. The van der Waals surface area contributed by atoms with Crippen LogP contribution in [0.4, 0.5) is 44.3 Å². The Morgan fingerprint density at radius 1 is 0.953 bits per heavy atom. The predicted molar refractivity (Wildman–Crippen MR) is 136 cm³/mol. The lowest BCUT2D eigenvalue weighted by atomic mass is 9.72. The smallest absolute Gasteiger partial charge is 0.496 e. The zero-order chi connectivity index (χ0) is 32.1. The highest BCUT2D eigenvalue weighted by atomic mass is 19.4. The molecule has 1 amide bonds. The van der Waals surface area contributed by atoms with Crippen LogP contribution in [0, 0.1) is 5.41 Å². The number of alkyl halides is 9. The number of amides is 1. The van der Waals surface area contributed by atoms with Crippen molar-refractivity contribution in [2.45, 2.75) is 70.9 Å². The molecule has 1 aliphatic heterocycles. The highest BCUT2D eigenvalue weighted by Gasteiger charge is 2.44. The molecule has 0 N–H and O–H groups in total. The average molecular weight is 626 g/mol. The Labute approximate surface area is 241 Å². The largest absolute Gasteiger partial charge is 0.573 e. The van der Waals surface area contributed by atoms with Gasteiger partial charge in [-0.05, 0) is 84.7 Å². The summed E-state index contributed by atoms with van der Waals surface area (Å²) in [5.74, 6) is -0.237. The van der Waals surface area contributed by atoms with Crippen molar-refractivity contribution in [3.05, 3.63) is 64.2 Å². The normalized spacial score (nSPS) is 21.2. The van der Waals surface area contributed by atoms with E-state index in [9.17, 15) is 44.3 Å². The minimum Gasteiger partial charge on any atom is -0.496 e. The highest BCUT2D eigenvalue weighted by molar-refractivity contribution is 5.77. The van der Waals surface area contributed by atoms with Crippen molar-refractivity contribution in [2.75, 3.05) is 13.7 Å². The molecular formula is C29H28F9NO4. The van der Waals surface area contributed by atoms with E-state index in [1.807, 2.05) is 13.8 Å². The van der Waals surface area contributed by atoms with Crippen molar-refractivity contribution < 1.29 is 58.5 Å². The van der Waals surface area contributed by atoms with E-state index in [1.54, 1.807) is 0 Å². The predicted octanol–water partition coefficient (Wildman–Crippen LogP) is 9.18. The summed E-state index contributed by atoms with van der Waals surface area (Å²) in [5.41, 5.74) is -2.31. The lowest BCUT2D eigenvalue weighted by Crippen LogP contribution is -2.35. The zero-order valence-corrected chi connectivity index (χ0v) is 23.4. The number of halogens is 9. The number of carbonyl (C=O) groups excluding carboxylic acids is 1. The molecule has 43 heavy (non-hydrogen) atoms. The molecule has 0 unspecified atom stereocenters. The third kappa shape index (κ3) is 7.32. The van der Waals surface area contributed by atoms with Crippen molar-refractivity contribution >= 4 is 11.7 Å². The second kappa shape index (κ2) is 11.2. The first-order valence-electron chi connectivity index (χ1n) is 13.1. The van der Waals surface area contributed by atoms with Crippen LogP contribution < -0.4 is 9.47 Å². The van der Waals surface area contributed by atoms with Gasteiger partial charge in [0.2, 0.25) is 0 Å². The topological polar surface area (TPSA) is 48.0 Å². The van der Waals surface area contributed by atoms with Crippen LogP contribution in [0.5, 0.6) is 11.5 Å². The van der Waals surface area contributed by atoms with E-state index in [0.717, 1.165) is 6.07 Å². The Kier molecular flexibility index (Phi) is 8.39. The molecule has 1 fully saturated rings. The van der Waals surface area contributed by atoms with E-state index < -0.39 is 59.4 Å². The van der Waals surface area contributed by atoms with Gasteiger partial charge in [-0.25, -0.2) is 4.79 Å². The molecule has 0 aromatic heterocycles. The molecule has 14 heteroatoms. The van der Waals surface area contributed by atoms with Crippen LogP contribution in [0.15, 0.2) is 42.0 Å². The number of hydrogen-bond acceptors (Lipinski definition) is 4. The molecule has 0 radical (unpaired) electrons. The minimum atomic E-state index is -5.08. The molecule has 236 valence electrons. The molecule has 2 aromatic rings. The van der Waals surface area contributed by atoms with Gasteiger partial charge in [0.05, 0.1) is 24.3 Å². The van der Waals surface area contributed by atoms with E-state index >= 15 is 0 Å². The Balaban J connectivity index is 1.74. The number of methoxy groups -OCH3 is 1. The number of carbonyl (C=O) groups is 1. The summed E-state index contributed by atoms with van der Waals surface area (Å²) in [4.78, 5) is 14.2. The zero-order valence-electron chi connectivity index (χ0n) is 23.4. The first-order chi connectivity index (χ1) is 19.7. The third-order valence-electron chi connectivity index (χ3n) is 7.59. The van der Waals surface area contributed by atoms with Crippen molar-refractivity contribution in [2.24, 2.45) is 5.41 Å². The fraction of sp³-hybridized carbons (Fsp3) is 0.483. The molecule has 1 saturated heterocycles. The number of cyclic esters (lactones) is 1. The summed E-state index contributed by atoms with van der Waals surface area (Å²) in [7, 11) is 1.34. The first-order valence-corrected chi connectivity index (χ1v) is 13.1. The van der Waals surface area contributed by atoms with Crippen molar-refractivity contribution in [1.29, 1.82) is 0 Å². The Hall–Kier alpha value is -3.58. The van der Waals surface area contributed by atoms with Gasteiger partial charge in [-0.15, -0.1) is 13.2 Å². The number of hydrogen-bond donors (Lipinski definition) is 0. The number of rotatable bonds is 6. The van der Waals surface area contributed by atoms with Crippen LogP contribution >= 0.6 is 0 Å². The maximum Gasteiger partial charge on any atom is 0.573 e. The molecule has 1 aliphatic carbocycles. The van der Waals surface area contributed by atoms with E-state index in [1.165, 1.54) is 31.1 Å². The maximum atomic E-state index is 13.5. The molecule has 0 saturated carbocycles. The van der Waals surface area contributed by atoms with E-state index in [-0.39, 0.29) is 23.8 Å². The Morgan fingerprint density at radius 2 is 1.56 bits per heavy atom. The average Bonchev–Trinajstić information content (AvgIpc) is 3.14. The Bertz CT molecular complexity index is 1380. The quantitative estimate of drug-likeness (QED) is 0.301. The van der Waals surface area contributed by atoms with Gasteiger partial charge >= 0.3 is 24.8 Å². The number of ether oxygens (including phenoxy) is 3. The highest BCUT2D eigenvalue weighted by Crippen LogP contribution is 2.47. The molecule has 2 atom stereocenters. The van der Waals surface area contributed by atoms with Gasteiger partial charge in [-0.1, -0.05) is 13.8 Å². The summed E-state index contributed by atoms with van der Waals surface area (Å²) < 4.78 is 134. The van der Waals surface area contributed by atoms with Gasteiger partial charge in [-0.3, -0.25) is 4.90 Å². The third-order valence-corrected chi connectivity index (χ3v) is 7.59. The maximum absolute atomic E-state index is 13.5. The van der Waals surface area contributed by atoms with Crippen molar-refractivity contribution in [3.63, 3.8) is 0 Å². The summed E-state index contributed by atoms with van der Waals surface area (Å²) in [6.45, 7) is 5.23. The van der Waals surface area contributed by atoms with Gasteiger partial charge < -0.3 is 14.2 Å². The minimum absolute atomic E-state index is 0.00604. The van der Waals surface area contributed by atoms with E-state index in [0.29, 0.717) is 48.1 Å². The Morgan fingerprint density at radius 3 is 2.09 bits per heavy atom. The molecule has 0 spiro atoms. The van der Waals surface area contributed by atoms with Crippen LogP contribution in [0.1, 0.15) is 68.4 Å². The molecule has 0 bridgehead atoms. The fourth-order valence-electron chi connectivity index (χ4n) is 5.52.